The molecule has 1 aromatic rings. The van der Waals surface area contributed by atoms with Crippen LogP contribution in [0.3, 0.4) is 0 Å². The van der Waals surface area contributed by atoms with E-state index < -0.39 is 5.82 Å². The minimum absolute atomic E-state index is 0.0109. The summed E-state index contributed by atoms with van der Waals surface area (Å²) in [5.74, 6) is -0.633. The number of hydrogen-bond acceptors (Lipinski definition) is 3. The largest absolute Gasteiger partial charge is 0.368 e. The van der Waals surface area contributed by atoms with E-state index in [0.29, 0.717) is 32.8 Å². The van der Waals surface area contributed by atoms with Crippen LogP contribution in [0.5, 0.6) is 0 Å². The van der Waals surface area contributed by atoms with Crippen LogP contribution in [0.4, 0.5) is 4.39 Å². The predicted molar refractivity (Wildman–Crippen MR) is 87.2 cm³/mol. The molecule has 2 aliphatic heterocycles. The predicted octanol–water partition coefficient (Wildman–Crippen LogP) is 1.87. The third-order valence-electron chi connectivity index (χ3n) is 4.54. The fraction of sp³-hybridized carbons (Fsp3) is 0.529. The Morgan fingerprint density at radius 1 is 1.21 bits per heavy atom. The van der Waals surface area contributed by atoms with Crippen LogP contribution >= 0.6 is 11.6 Å². The summed E-state index contributed by atoms with van der Waals surface area (Å²) in [5, 5.41) is 0.260. The van der Waals surface area contributed by atoms with Crippen molar-refractivity contribution in [2.24, 2.45) is 0 Å². The molecule has 0 spiro atoms. The van der Waals surface area contributed by atoms with Crippen LogP contribution < -0.4 is 0 Å². The molecule has 0 radical (unpaired) electrons. The third kappa shape index (κ3) is 3.70. The van der Waals surface area contributed by atoms with E-state index >= 15 is 0 Å². The smallest absolute Gasteiger partial charge is 0.251 e. The molecule has 2 amide bonds. The van der Waals surface area contributed by atoms with Gasteiger partial charge in [0.05, 0.1) is 6.42 Å². The quantitative estimate of drug-likeness (QED) is 0.832. The molecule has 2 fully saturated rings. The van der Waals surface area contributed by atoms with E-state index in [4.69, 9.17) is 16.3 Å². The van der Waals surface area contributed by atoms with Crippen LogP contribution in [-0.2, 0) is 20.7 Å². The van der Waals surface area contributed by atoms with Crippen molar-refractivity contribution < 1.29 is 18.7 Å². The average Bonchev–Trinajstić information content (AvgIpc) is 3.12. The highest BCUT2D eigenvalue weighted by Crippen LogP contribution is 2.21. The maximum atomic E-state index is 13.8. The number of piperazine rings is 1. The van der Waals surface area contributed by atoms with Crippen LogP contribution in [-0.4, -0.2) is 60.5 Å². The molecule has 0 saturated carbocycles. The van der Waals surface area contributed by atoms with E-state index in [1.54, 1.807) is 15.9 Å². The van der Waals surface area contributed by atoms with Gasteiger partial charge in [-0.05, 0) is 25.0 Å². The number of halogens is 2. The van der Waals surface area contributed by atoms with Gasteiger partial charge in [0.2, 0.25) is 5.91 Å². The highest BCUT2D eigenvalue weighted by Gasteiger charge is 2.31. The second kappa shape index (κ2) is 7.49. The number of ether oxygens (including phenoxy) is 1. The molecule has 2 saturated heterocycles. The van der Waals surface area contributed by atoms with Gasteiger partial charge in [0, 0.05) is 43.4 Å². The maximum absolute atomic E-state index is 13.8. The molecule has 1 atom stereocenters. The molecular weight excluding hydrogens is 335 g/mol. The SMILES string of the molecule is O=C(Cc1c(F)cccc1Cl)N1CCN(C(=O)[C@H]2CCCO2)CC1. The topological polar surface area (TPSA) is 49.9 Å². The first-order valence-corrected chi connectivity index (χ1v) is 8.55. The van der Waals surface area contributed by atoms with Gasteiger partial charge in [0.25, 0.3) is 5.91 Å². The molecule has 0 N–H and O–H groups in total. The van der Waals surface area contributed by atoms with Crippen molar-refractivity contribution in [3.05, 3.63) is 34.6 Å². The van der Waals surface area contributed by atoms with Gasteiger partial charge in [0.1, 0.15) is 11.9 Å². The summed E-state index contributed by atoms with van der Waals surface area (Å²) in [6.07, 6.45) is 1.29. The molecule has 3 rings (SSSR count). The molecular formula is C17H20ClFN2O3. The zero-order valence-electron chi connectivity index (χ0n) is 13.3. The van der Waals surface area contributed by atoms with E-state index in [1.807, 2.05) is 0 Å². The Labute approximate surface area is 145 Å². The van der Waals surface area contributed by atoms with Gasteiger partial charge >= 0.3 is 0 Å². The summed E-state index contributed by atoms with van der Waals surface area (Å²) in [6, 6.07) is 4.39. The van der Waals surface area contributed by atoms with E-state index in [1.165, 1.54) is 12.1 Å². The lowest BCUT2D eigenvalue weighted by atomic mass is 10.1. The van der Waals surface area contributed by atoms with E-state index in [-0.39, 0.29) is 34.9 Å². The third-order valence-corrected chi connectivity index (χ3v) is 4.89. The van der Waals surface area contributed by atoms with Gasteiger partial charge < -0.3 is 14.5 Å². The van der Waals surface area contributed by atoms with Crippen LogP contribution in [0, 0.1) is 5.82 Å². The van der Waals surface area contributed by atoms with Crippen molar-refractivity contribution in [1.82, 2.24) is 9.80 Å². The minimum Gasteiger partial charge on any atom is -0.368 e. The van der Waals surface area contributed by atoms with Gasteiger partial charge in [-0.3, -0.25) is 9.59 Å². The lowest BCUT2D eigenvalue weighted by Crippen LogP contribution is -2.53. The number of carbonyl (C=O) groups excluding carboxylic acids is 2. The number of hydrogen-bond donors (Lipinski definition) is 0. The van der Waals surface area contributed by atoms with E-state index in [0.717, 1.165) is 12.8 Å². The Morgan fingerprint density at radius 2 is 1.92 bits per heavy atom. The van der Waals surface area contributed by atoms with E-state index in [9.17, 15) is 14.0 Å². The summed E-state index contributed by atoms with van der Waals surface area (Å²) < 4.78 is 19.2. The Balaban J connectivity index is 1.54. The summed E-state index contributed by atoms with van der Waals surface area (Å²) in [4.78, 5) is 28.1. The number of carbonyl (C=O) groups is 2. The molecule has 0 unspecified atom stereocenters. The molecule has 2 aliphatic rings. The van der Waals surface area contributed by atoms with Crippen molar-refractivity contribution >= 4 is 23.4 Å². The lowest BCUT2D eigenvalue weighted by Gasteiger charge is -2.35. The van der Waals surface area contributed by atoms with Gasteiger partial charge in [-0.25, -0.2) is 4.39 Å². The molecule has 24 heavy (non-hydrogen) atoms. The fourth-order valence-corrected chi connectivity index (χ4v) is 3.35. The molecule has 5 nitrogen and oxygen atoms in total. The van der Waals surface area contributed by atoms with Crippen molar-refractivity contribution in [2.75, 3.05) is 32.8 Å². The van der Waals surface area contributed by atoms with Crippen molar-refractivity contribution in [3.8, 4) is 0 Å². The summed E-state index contributed by atoms with van der Waals surface area (Å²) in [7, 11) is 0. The van der Waals surface area contributed by atoms with Crippen LogP contribution in [0.15, 0.2) is 18.2 Å². The fourth-order valence-electron chi connectivity index (χ4n) is 3.12. The molecule has 7 heteroatoms. The lowest BCUT2D eigenvalue weighted by molar-refractivity contribution is -0.145. The monoisotopic (exact) mass is 354 g/mol. The van der Waals surface area contributed by atoms with Crippen molar-refractivity contribution in [1.29, 1.82) is 0 Å². The molecule has 0 aromatic heterocycles. The van der Waals surface area contributed by atoms with Crippen molar-refractivity contribution in [3.63, 3.8) is 0 Å². The van der Waals surface area contributed by atoms with Gasteiger partial charge in [0.15, 0.2) is 0 Å². The molecule has 1 aromatic carbocycles. The van der Waals surface area contributed by atoms with Crippen LogP contribution in [0.1, 0.15) is 18.4 Å². The average molecular weight is 355 g/mol. The first-order chi connectivity index (χ1) is 11.6. The zero-order valence-corrected chi connectivity index (χ0v) is 14.1. The Hall–Kier alpha value is -1.66. The second-order valence-electron chi connectivity index (χ2n) is 6.08. The zero-order chi connectivity index (χ0) is 17.1. The Morgan fingerprint density at radius 3 is 2.54 bits per heavy atom. The van der Waals surface area contributed by atoms with Gasteiger partial charge in [-0.2, -0.15) is 0 Å². The Bertz CT molecular complexity index is 606. The first-order valence-electron chi connectivity index (χ1n) is 8.17. The van der Waals surface area contributed by atoms with Crippen LogP contribution in [0.25, 0.3) is 0 Å². The maximum Gasteiger partial charge on any atom is 0.251 e. The molecule has 2 heterocycles. The number of nitrogens with zero attached hydrogens (tertiary/aromatic N) is 2. The van der Waals surface area contributed by atoms with Crippen molar-refractivity contribution in [2.45, 2.75) is 25.4 Å². The summed E-state index contributed by atoms with van der Waals surface area (Å²) >= 11 is 5.97. The highest BCUT2D eigenvalue weighted by molar-refractivity contribution is 6.31. The normalized spacial score (nSPS) is 21.2. The Kier molecular flexibility index (Phi) is 5.36. The number of amides is 2. The standard InChI is InChI=1S/C17H20ClFN2O3/c18-13-3-1-4-14(19)12(13)11-16(22)20-6-8-21(9-7-20)17(23)15-5-2-10-24-15/h1,3-4,15H,2,5-11H2/t15-/m1/s1. The second-order valence-corrected chi connectivity index (χ2v) is 6.49. The number of rotatable bonds is 3. The molecule has 130 valence electrons. The summed E-state index contributed by atoms with van der Waals surface area (Å²) in [5.41, 5.74) is 0.224. The molecule has 0 bridgehead atoms. The number of benzene rings is 1. The molecule has 0 aliphatic carbocycles. The first kappa shape index (κ1) is 17.2. The summed E-state index contributed by atoms with van der Waals surface area (Å²) in [6.45, 7) is 2.50. The minimum atomic E-state index is -0.469. The van der Waals surface area contributed by atoms with E-state index in [2.05, 4.69) is 0 Å². The van der Waals surface area contributed by atoms with Gasteiger partial charge in [-0.15, -0.1) is 0 Å². The highest BCUT2D eigenvalue weighted by atomic mass is 35.5. The van der Waals surface area contributed by atoms with Gasteiger partial charge in [-0.1, -0.05) is 17.7 Å². The van der Waals surface area contributed by atoms with Crippen LogP contribution in [0.2, 0.25) is 5.02 Å².